The number of aromatic nitrogens is 3. The van der Waals surface area contributed by atoms with Crippen LogP contribution in [0.1, 0.15) is 64.9 Å². The van der Waals surface area contributed by atoms with Gasteiger partial charge in [0.15, 0.2) is 6.04 Å². The molecule has 1 heterocycles. The molecule has 0 bridgehead atoms. The van der Waals surface area contributed by atoms with Crippen molar-refractivity contribution in [1.29, 1.82) is 0 Å². The largest absolute Gasteiger partial charge is 0.481 e. The van der Waals surface area contributed by atoms with Crippen molar-refractivity contribution in [2.75, 3.05) is 13.2 Å². The highest BCUT2D eigenvalue weighted by Gasteiger charge is 2.32. The fourth-order valence-electron chi connectivity index (χ4n) is 3.76. The second-order valence-electron chi connectivity index (χ2n) is 9.21. The topological polar surface area (TPSA) is 241 Å². The zero-order chi connectivity index (χ0) is 32.1. The summed E-state index contributed by atoms with van der Waals surface area (Å²) in [5.74, 6) is -6.70. The predicted octanol–water partition coefficient (Wildman–Crippen LogP) is 1.43. The molecule has 0 radical (unpaired) electrons. The van der Waals surface area contributed by atoms with Crippen LogP contribution in [0.3, 0.4) is 0 Å². The van der Waals surface area contributed by atoms with Crippen LogP contribution in [0, 0.1) is 0 Å². The number of halogens is 2. The quantitative estimate of drug-likeness (QED) is 0.103. The van der Waals surface area contributed by atoms with Crippen LogP contribution in [0.15, 0.2) is 24.4 Å². The Bertz CT molecular complexity index is 1340. The number of benzene rings is 1. The number of urea groups is 1. The molecule has 2 rings (SSSR count). The Balaban J connectivity index is 1.97. The third-order valence-electron chi connectivity index (χ3n) is 5.98. The van der Waals surface area contributed by atoms with Gasteiger partial charge in [-0.3, -0.25) is 14.0 Å². The average Bonchev–Trinajstić information content (AvgIpc) is 3.43. The van der Waals surface area contributed by atoms with E-state index < -0.39 is 79.0 Å². The number of aryl methyl sites for hydroxylation is 1. The Hall–Kier alpha value is -5.16. The molecule has 43 heavy (non-hydrogen) atoms. The number of nitrogens with one attached hydrogen (secondary N) is 2. The number of aliphatic carboxylic acids is 3. The van der Waals surface area contributed by atoms with Gasteiger partial charge in [-0.1, -0.05) is 9.69 Å². The van der Waals surface area contributed by atoms with Crippen LogP contribution >= 0.6 is 0 Å². The second-order valence-corrected chi connectivity index (χ2v) is 9.21. The predicted molar refractivity (Wildman–Crippen MR) is 140 cm³/mol. The molecule has 6 N–H and O–H groups in total. The minimum Gasteiger partial charge on any atom is -0.481 e. The Morgan fingerprint density at radius 1 is 0.930 bits per heavy atom. The summed E-state index contributed by atoms with van der Waals surface area (Å²) in [7, 11) is 0. The summed E-state index contributed by atoms with van der Waals surface area (Å²) in [4.78, 5) is 69.8. The highest BCUT2D eigenvalue weighted by Crippen LogP contribution is 2.16. The van der Waals surface area contributed by atoms with Gasteiger partial charge in [-0.05, 0) is 56.7 Å². The molecule has 0 aliphatic heterocycles. The molecule has 0 aliphatic rings. The van der Waals surface area contributed by atoms with Gasteiger partial charge < -0.3 is 31.1 Å². The molecule has 1 aromatic carbocycles. The summed E-state index contributed by atoms with van der Waals surface area (Å²) < 4.78 is 28.2. The van der Waals surface area contributed by atoms with Crippen molar-refractivity contribution >= 4 is 35.8 Å². The number of aromatic carboxylic acids is 1. The van der Waals surface area contributed by atoms with E-state index in [-0.39, 0.29) is 42.6 Å². The van der Waals surface area contributed by atoms with E-state index in [2.05, 4.69) is 15.6 Å². The molecule has 0 saturated heterocycles. The third kappa shape index (κ3) is 10.6. The van der Waals surface area contributed by atoms with E-state index in [9.17, 15) is 47.9 Å². The van der Waals surface area contributed by atoms with Crippen LogP contribution in [-0.2, 0) is 20.8 Å². The Morgan fingerprint density at radius 3 is 2.23 bits per heavy atom. The lowest BCUT2D eigenvalue weighted by Gasteiger charge is -2.22. The van der Waals surface area contributed by atoms with E-state index in [1.807, 2.05) is 0 Å². The van der Waals surface area contributed by atoms with Gasteiger partial charge >= 0.3 is 29.9 Å². The standard InChI is InChI=1S/C25H30F2N6O10/c26-8-3-4-16-13-32(31-30-16)17-11-14(10-15(12-17)22(37)38)21(36)28-9-2-1-5-19(24(41)42)33(27)25(43)29-18(23(39)40)6-7-20(34)35/h10-13,18-19H,1-9H2,(H,28,36)(H,29,43)(H,34,35)(H,37,38)(H,39,40)(H,41,42)/t18-,19?/m0/s1. The van der Waals surface area contributed by atoms with E-state index in [0.29, 0.717) is 12.1 Å². The van der Waals surface area contributed by atoms with Gasteiger partial charge in [0.05, 0.1) is 29.8 Å². The molecule has 2 atom stereocenters. The maximum absolute atomic E-state index is 14.5. The van der Waals surface area contributed by atoms with Gasteiger partial charge in [0, 0.05) is 18.5 Å². The number of alkyl halides is 1. The monoisotopic (exact) mass is 612 g/mol. The molecule has 3 amide bonds. The molecule has 2 aromatic rings. The van der Waals surface area contributed by atoms with Crippen LogP contribution in [0.2, 0.25) is 0 Å². The Kier molecular flexibility index (Phi) is 12.9. The Morgan fingerprint density at radius 2 is 1.63 bits per heavy atom. The number of rotatable bonds is 18. The highest BCUT2D eigenvalue weighted by atomic mass is 19.2. The van der Waals surface area contributed by atoms with E-state index in [4.69, 9.17) is 10.2 Å². The maximum atomic E-state index is 14.5. The molecule has 234 valence electrons. The smallest absolute Gasteiger partial charge is 0.347 e. The molecular formula is C25H30F2N6O10. The van der Waals surface area contributed by atoms with Gasteiger partial charge in [-0.2, -0.15) is 0 Å². The zero-order valence-corrected chi connectivity index (χ0v) is 22.6. The first-order valence-electron chi connectivity index (χ1n) is 12.9. The van der Waals surface area contributed by atoms with Crippen molar-refractivity contribution in [1.82, 2.24) is 30.7 Å². The molecule has 1 aromatic heterocycles. The van der Waals surface area contributed by atoms with Crippen LogP contribution in [-0.4, -0.2) is 102 Å². The average molecular weight is 613 g/mol. The van der Waals surface area contributed by atoms with E-state index in [1.165, 1.54) is 23.0 Å². The molecular weight excluding hydrogens is 582 g/mol. The minimum atomic E-state index is -2.00. The number of unbranched alkanes of at least 4 members (excludes halogenated alkanes) is 1. The van der Waals surface area contributed by atoms with E-state index >= 15 is 0 Å². The molecule has 16 nitrogen and oxygen atoms in total. The first-order chi connectivity index (χ1) is 20.3. The summed E-state index contributed by atoms with van der Waals surface area (Å²) in [5, 5.41) is 47.9. The lowest BCUT2D eigenvalue weighted by molar-refractivity contribution is -0.148. The highest BCUT2D eigenvalue weighted by molar-refractivity contribution is 5.98. The third-order valence-corrected chi connectivity index (χ3v) is 5.98. The normalized spacial score (nSPS) is 12.1. The molecule has 0 saturated carbocycles. The summed E-state index contributed by atoms with van der Waals surface area (Å²) in [6, 6.07) is -1.69. The molecule has 0 aliphatic carbocycles. The van der Waals surface area contributed by atoms with E-state index in [1.54, 1.807) is 5.32 Å². The first-order valence-corrected chi connectivity index (χ1v) is 12.9. The lowest BCUT2D eigenvalue weighted by atomic mass is 10.1. The number of nitrogens with zero attached hydrogens (tertiary/aromatic N) is 4. The molecule has 18 heteroatoms. The van der Waals surface area contributed by atoms with Crippen LogP contribution < -0.4 is 10.6 Å². The van der Waals surface area contributed by atoms with Crippen molar-refractivity contribution in [3.8, 4) is 5.69 Å². The number of hydrogen-bond acceptors (Lipinski definition) is 8. The zero-order valence-electron chi connectivity index (χ0n) is 22.6. The SMILES string of the molecule is O=C(O)CC[C@H](NC(=O)N(F)C(CCCCNC(=O)c1cc(C(=O)O)cc(-n2cc(CCCF)nn2)c1)C(=O)O)C(=O)O. The van der Waals surface area contributed by atoms with Gasteiger partial charge in [0.2, 0.25) is 0 Å². The van der Waals surface area contributed by atoms with Crippen molar-refractivity contribution < 1.29 is 58.1 Å². The second kappa shape index (κ2) is 16.3. The number of carbonyl (C=O) groups excluding carboxylic acids is 2. The minimum absolute atomic E-state index is 0.00660. The summed E-state index contributed by atoms with van der Waals surface area (Å²) in [6.45, 7) is -0.587. The maximum Gasteiger partial charge on any atom is 0.347 e. The van der Waals surface area contributed by atoms with Crippen molar-refractivity contribution in [2.45, 2.75) is 57.0 Å². The van der Waals surface area contributed by atoms with Gasteiger partial charge in [0.25, 0.3) is 5.91 Å². The van der Waals surface area contributed by atoms with Crippen LogP contribution in [0.25, 0.3) is 5.69 Å². The number of carbonyl (C=O) groups is 6. The van der Waals surface area contributed by atoms with Gasteiger partial charge in [0.1, 0.15) is 6.04 Å². The summed E-state index contributed by atoms with van der Waals surface area (Å²) in [5.41, 5.74) is 0.416. The van der Waals surface area contributed by atoms with Crippen LogP contribution in [0.4, 0.5) is 13.7 Å². The lowest BCUT2D eigenvalue weighted by Crippen LogP contribution is -2.50. The summed E-state index contributed by atoms with van der Waals surface area (Å²) >= 11 is 0. The van der Waals surface area contributed by atoms with Crippen molar-refractivity contribution in [2.24, 2.45) is 0 Å². The Labute approximate surface area is 242 Å². The van der Waals surface area contributed by atoms with Gasteiger partial charge in [-0.25, -0.2) is 23.9 Å². The number of carboxylic acid groups (broad SMARTS) is 4. The fraction of sp³-hybridized carbons (Fsp3) is 0.440. The van der Waals surface area contributed by atoms with Gasteiger partial charge in [-0.15, -0.1) is 10.2 Å². The van der Waals surface area contributed by atoms with E-state index in [0.717, 1.165) is 6.07 Å². The summed E-state index contributed by atoms with van der Waals surface area (Å²) in [6.07, 6.45) is 0.514. The number of amides is 3. The fourth-order valence-corrected chi connectivity index (χ4v) is 3.76. The van der Waals surface area contributed by atoms with Crippen molar-refractivity contribution in [3.63, 3.8) is 0 Å². The van der Waals surface area contributed by atoms with Crippen molar-refractivity contribution in [3.05, 3.63) is 41.2 Å². The number of carboxylic acids is 4. The molecule has 0 fully saturated rings. The van der Waals surface area contributed by atoms with Crippen LogP contribution in [0.5, 0.6) is 0 Å². The molecule has 1 unspecified atom stereocenters. The number of hydrogen-bond donors (Lipinski definition) is 6. The first kappa shape index (κ1) is 34.0. The molecule has 0 spiro atoms.